The van der Waals surface area contributed by atoms with E-state index in [0.29, 0.717) is 0 Å². The van der Waals surface area contributed by atoms with Gasteiger partial charge in [0.25, 0.3) is 0 Å². The third kappa shape index (κ3) is 1.33. The van der Waals surface area contributed by atoms with E-state index in [4.69, 9.17) is 0 Å². The predicted molar refractivity (Wildman–Crippen MR) is 49.5 cm³/mol. The highest BCUT2D eigenvalue weighted by atomic mass is 32.2. The number of rotatable bonds is 1. The van der Waals surface area contributed by atoms with Crippen LogP contribution in [0.1, 0.15) is 18.4 Å². The summed E-state index contributed by atoms with van der Waals surface area (Å²) >= 11 is 1.39. The van der Waals surface area contributed by atoms with Crippen LogP contribution in [0.4, 0.5) is 0 Å². The van der Waals surface area contributed by atoms with Gasteiger partial charge in [-0.15, -0.1) is 11.8 Å². The number of carboxylic acids is 1. The smallest absolute Gasteiger partial charge is 0.0556 e. The van der Waals surface area contributed by atoms with Crippen LogP contribution in [0.2, 0.25) is 0 Å². The fourth-order valence-electron chi connectivity index (χ4n) is 1.62. The third-order valence-corrected chi connectivity index (χ3v) is 3.83. The van der Waals surface area contributed by atoms with Gasteiger partial charge in [0.15, 0.2) is 0 Å². The molecule has 2 rings (SSSR count). The highest BCUT2D eigenvalue weighted by molar-refractivity contribution is 8.01. The van der Waals surface area contributed by atoms with E-state index in [-0.39, 0.29) is 5.92 Å². The largest absolute Gasteiger partial charge is 0.549 e. The van der Waals surface area contributed by atoms with E-state index < -0.39 is 11.2 Å². The Kier molecular flexibility index (Phi) is 2.04. The number of thioether (sulfide) groups is 1. The Hall–Kier alpha value is -0.960. The van der Waals surface area contributed by atoms with Crippen LogP contribution >= 0.6 is 11.8 Å². The molecule has 1 aliphatic rings. The molecule has 13 heavy (non-hydrogen) atoms. The van der Waals surface area contributed by atoms with E-state index in [1.54, 1.807) is 0 Å². The summed E-state index contributed by atoms with van der Waals surface area (Å²) in [7, 11) is 0. The van der Waals surface area contributed by atoms with Gasteiger partial charge in [-0.05, 0) is 17.5 Å². The highest BCUT2D eigenvalue weighted by Crippen LogP contribution is 2.44. The van der Waals surface area contributed by atoms with Gasteiger partial charge in [-0.3, -0.25) is 0 Å². The molecule has 2 unspecified atom stereocenters. The second kappa shape index (κ2) is 3.07. The van der Waals surface area contributed by atoms with Gasteiger partial charge in [0, 0.05) is 4.90 Å². The maximum absolute atomic E-state index is 10.7. The van der Waals surface area contributed by atoms with Gasteiger partial charge in [-0.2, -0.15) is 0 Å². The summed E-state index contributed by atoms with van der Waals surface area (Å²) in [5, 5.41) is 10.3. The lowest BCUT2D eigenvalue weighted by atomic mass is 9.98. The summed E-state index contributed by atoms with van der Waals surface area (Å²) in [6.07, 6.45) is 0. The number of hydrogen-bond donors (Lipinski definition) is 0. The molecule has 0 aromatic heterocycles. The van der Waals surface area contributed by atoms with Gasteiger partial charge in [0.2, 0.25) is 0 Å². The van der Waals surface area contributed by atoms with Crippen LogP contribution in [-0.4, -0.2) is 11.2 Å². The molecule has 0 saturated carbocycles. The quantitative estimate of drug-likeness (QED) is 0.668. The zero-order valence-electron chi connectivity index (χ0n) is 7.19. The van der Waals surface area contributed by atoms with E-state index in [2.05, 4.69) is 0 Å². The minimum Gasteiger partial charge on any atom is -0.549 e. The summed E-state index contributed by atoms with van der Waals surface area (Å²) in [6.45, 7) is 1.93. The molecule has 0 saturated heterocycles. The van der Waals surface area contributed by atoms with E-state index in [1.807, 2.05) is 31.2 Å². The van der Waals surface area contributed by atoms with Gasteiger partial charge in [0.05, 0.1) is 11.2 Å². The predicted octanol–water partition coefficient (Wildman–Crippen LogP) is 1.01. The van der Waals surface area contributed by atoms with Crippen LogP contribution in [0.3, 0.4) is 0 Å². The summed E-state index contributed by atoms with van der Waals surface area (Å²) in [6, 6.07) is 7.80. The van der Waals surface area contributed by atoms with E-state index >= 15 is 0 Å². The Morgan fingerprint density at radius 2 is 2.15 bits per heavy atom. The van der Waals surface area contributed by atoms with Crippen LogP contribution < -0.4 is 5.11 Å². The number of hydrogen-bond acceptors (Lipinski definition) is 3. The standard InChI is InChI=1S/C10H10O2S/c1-6-7-4-2-3-5-8(7)13-9(6)10(11)12/h2-6,9H,1H3,(H,11,12)/p-1. The number of benzene rings is 1. The van der Waals surface area contributed by atoms with Crippen LogP contribution in [0.15, 0.2) is 29.2 Å². The second-order valence-corrected chi connectivity index (χ2v) is 4.37. The van der Waals surface area contributed by atoms with Crippen molar-refractivity contribution >= 4 is 17.7 Å². The lowest BCUT2D eigenvalue weighted by Gasteiger charge is -2.15. The molecule has 0 aliphatic carbocycles. The Morgan fingerprint density at radius 3 is 2.77 bits per heavy atom. The molecule has 1 aromatic carbocycles. The molecule has 1 heterocycles. The molecule has 0 spiro atoms. The van der Waals surface area contributed by atoms with Crippen molar-refractivity contribution in [2.45, 2.75) is 23.0 Å². The lowest BCUT2D eigenvalue weighted by molar-refractivity contribution is -0.305. The maximum atomic E-state index is 10.7. The molecule has 0 fully saturated rings. The van der Waals surface area contributed by atoms with Crippen molar-refractivity contribution < 1.29 is 9.90 Å². The van der Waals surface area contributed by atoms with Crippen molar-refractivity contribution in [3.05, 3.63) is 29.8 Å². The normalized spacial score (nSPS) is 25.6. The van der Waals surface area contributed by atoms with Crippen LogP contribution in [-0.2, 0) is 4.79 Å². The molecule has 0 amide bonds. The molecule has 2 atom stereocenters. The third-order valence-electron chi connectivity index (χ3n) is 2.35. The average Bonchev–Trinajstić information content (AvgIpc) is 2.45. The first-order valence-electron chi connectivity index (χ1n) is 4.16. The van der Waals surface area contributed by atoms with Crippen LogP contribution in [0.25, 0.3) is 0 Å². The minimum absolute atomic E-state index is 0.0613. The first-order valence-corrected chi connectivity index (χ1v) is 5.04. The Balaban J connectivity index is 2.38. The Morgan fingerprint density at radius 1 is 1.46 bits per heavy atom. The number of carbonyl (C=O) groups excluding carboxylic acids is 1. The molecular formula is C10H9O2S-. The van der Waals surface area contributed by atoms with E-state index in [1.165, 1.54) is 11.8 Å². The van der Waals surface area contributed by atoms with Crippen molar-refractivity contribution in [2.75, 3.05) is 0 Å². The van der Waals surface area contributed by atoms with Crippen molar-refractivity contribution in [1.29, 1.82) is 0 Å². The number of carbonyl (C=O) groups is 1. The molecule has 68 valence electrons. The Labute approximate surface area is 81.0 Å². The Bertz CT molecular complexity index is 349. The highest BCUT2D eigenvalue weighted by Gasteiger charge is 2.30. The second-order valence-electron chi connectivity index (χ2n) is 3.18. The molecule has 0 radical (unpaired) electrons. The van der Waals surface area contributed by atoms with Gasteiger partial charge in [-0.25, -0.2) is 0 Å². The maximum Gasteiger partial charge on any atom is 0.0556 e. The fourth-order valence-corrected chi connectivity index (χ4v) is 2.89. The molecular weight excluding hydrogens is 184 g/mol. The zero-order valence-corrected chi connectivity index (χ0v) is 8.01. The molecule has 1 aromatic rings. The summed E-state index contributed by atoms with van der Waals surface area (Å²) in [5.41, 5.74) is 1.13. The van der Waals surface area contributed by atoms with E-state index in [9.17, 15) is 9.90 Å². The lowest BCUT2D eigenvalue weighted by Crippen LogP contribution is -2.34. The molecule has 2 nitrogen and oxygen atoms in total. The van der Waals surface area contributed by atoms with Crippen molar-refractivity contribution in [3.63, 3.8) is 0 Å². The summed E-state index contributed by atoms with van der Waals surface area (Å²) in [4.78, 5) is 11.8. The van der Waals surface area contributed by atoms with Gasteiger partial charge in [0.1, 0.15) is 0 Å². The van der Waals surface area contributed by atoms with Gasteiger partial charge < -0.3 is 9.90 Å². The molecule has 1 aliphatic heterocycles. The topological polar surface area (TPSA) is 40.1 Å². The zero-order chi connectivity index (χ0) is 9.42. The molecule has 3 heteroatoms. The number of carboxylic acid groups (broad SMARTS) is 1. The van der Waals surface area contributed by atoms with Crippen molar-refractivity contribution in [3.8, 4) is 0 Å². The average molecular weight is 193 g/mol. The van der Waals surface area contributed by atoms with Gasteiger partial charge in [-0.1, -0.05) is 25.1 Å². The fraction of sp³-hybridized carbons (Fsp3) is 0.300. The first-order chi connectivity index (χ1) is 6.20. The summed E-state index contributed by atoms with van der Waals surface area (Å²) < 4.78 is 0. The van der Waals surface area contributed by atoms with Crippen molar-refractivity contribution in [2.24, 2.45) is 0 Å². The number of fused-ring (bicyclic) bond motifs is 1. The minimum atomic E-state index is -0.964. The number of aliphatic carboxylic acids is 1. The first kappa shape index (κ1) is 8.63. The summed E-state index contributed by atoms with van der Waals surface area (Å²) in [5.74, 6) is -0.903. The van der Waals surface area contributed by atoms with Crippen LogP contribution in [0.5, 0.6) is 0 Å². The SMILES string of the molecule is CC1c2ccccc2SC1C(=O)[O-]. The van der Waals surface area contributed by atoms with Gasteiger partial charge >= 0.3 is 0 Å². The van der Waals surface area contributed by atoms with Crippen LogP contribution in [0, 0.1) is 0 Å². The monoisotopic (exact) mass is 193 g/mol. The molecule has 0 N–H and O–H groups in total. The van der Waals surface area contributed by atoms with E-state index in [0.717, 1.165) is 10.5 Å². The van der Waals surface area contributed by atoms with Crippen molar-refractivity contribution in [1.82, 2.24) is 0 Å². The molecule has 0 bridgehead atoms.